The summed E-state index contributed by atoms with van der Waals surface area (Å²) in [6.07, 6.45) is 9.71. The first kappa shape index (κ1) is 23.5. The quantitative estimate of drug-likeness (QED) is 0.556. The van der Waals surface area contributed by atoms with Gasteiger partial charge in [0, 0.05) is 30.2 Å². The van der Waals surface area contributed by atoms with E-state index in [1.807, 2.05) is 10.3 Å². The molecular formula is C27H36N4O2S. The predicted octanol–water partition coefficient (Wildman–Crippen LogP) is 4.56. The van der Waals surface area contributed by atoms with Gasteiger partial charge in [-0.25, -0.2) is 9.78 Å². The van der Waals surface area contributed by atoms with Crippen LogP contribution in [0.2, 0.25) is 0 Å². The lowest BCUT2D eigenvalue weighted by Gasteiger charge is -2.51. The first-order chi connectivity index (χ1) is 16.4. The second-order valence-corrected chi connectivity index (χ2v) is 11.7. The highest BCUT2D eigenvalue weighted by Gasteiger charge is 2.55. The fraction of sp³-hybridized carbons (Fsp3) is 0.593. The molecule has 5 rings (SSSR count). The van der Waals surface area contributed by atoms with Crippen molar-refractivity contribution in [1.82, 2.24) is 19.7 Å². The van der Waals surface area contributed by atoms with Crippen LogP contribution in [0.3, 0.4) is 0 Å². The number of urea groups is 1. The number of Topliss-reactive ketones (excluding diaryl/α,β-unsaturated/α-hetero) is 1. The third-order valence-corrected chi connectivity index (χ3v) is 9.38. The number of hydrogen-bond acceptors (Lipinski definition) is 5. The number of aromatic nitrogens is 1. The number of thiazole rings is 1. The third kappa shape index (κ3) is 4.29. The van der Waals surface area contributed by atoms with E-state index in [9.17, 15) is 9.59 Å². The van der Waals surface area contributed by atoms with Crippen LogP contribution in [0.15, 0.2) is 41.9 Å². The standard InChI is InChI=1S/C27H36N4O2S/c1-29(2)27(22-9-4-3-5-10-22)13-11-26(12-14-27)20-30(19-23(32)17-24-28-15-16-34-24)25(33)31(26)18-21-7-6-8-21/h3-5,9-10,15-16,21H,6-8,11-14,17-20H2,1-2H3. The maximum atomic E-state index is 13.6. The average Bonchev–Trinajstić information content (AvgIpc) is 3.39. The number of benzene rings is 1. The molecule has 2 saturated carbocycles. The number of amides is 2. The van der Waals surface area contributed by atoms with E-state index >= 15 is 0 Å². The molecule has 2 aromatic rings. The van der Waals surface area contributed by atoms with Crippen molar-refractivity contribution < 1.29 is 9.59 Å². The van der Waals surface area contributed by atoms with Gasteiger partial charge in [-0.05, 0) is 64.1 Å². The molecule has 0 bridgehead atoms. The van der Waals surface area contributed by atoms with E-state index in [0.717, 1.165) is 37.2 Å². The number of carbonyl (C=O) groups is 2. The van der Waals surface area contributed by atoms with Gasteiger partial charge in [0.1, 0.15) is 0 Å². The molecule has 3 fully saturated rings. The Kier molecular flexibility index (Phi) is 6.51. The lowest BCUT2D eigenvalue weighted by molar-refractivity contribution is -0.119. The van der Waals surface area contributed by atoms with E-state index in [1.54, 1.807) is 6.20 Å². The van der Waals surface area contributed by atoms with Crippen molar-refractivity contribution in [2.24, 2.45) is 5.92 Å². The summed E-state index contributed by atoms with van der Waals surface area (Å²) in [6.45, 7) is 1.70. The van der Waals surface area contributed by atoms with E-state index in [-0.39, 0.29) is 29.4 Å². The minimum absolute atomic E-state index is 0.00816. The summed E-state index contributed by atoms with van der Waals surface area (Å²) < 4.78 is 0. The molecule has 1 aromatic carbocycles. The van der Waals surface area contributed by atoms with Crippen LogP contribution in [-0.2, 0) is 16.8 Å². The molecule has 0 N–H and O–H groups in total. The van der Waals surface area contributed by atoms with Crippen LogP contribution in [0.4, 0.5) is 4.79 Å². The highest BCUT2D eigenvalue weighted by Crippen LogP contribution is 2.49. The van der Waals surface area contributed by atoms with Crippen molar-refractivity contribution in [2.75, 3.05) is 33.7 Å². The zero-order valence-corrected chi connectivity index (χ0v) is 21.2. The van der Waals surface area contributed by atoms with Crippen LogP contribution in [0.1, 0.15) is 55.5 Å². The molecule has 3 aliphatic rings. The van der Waals surface area contributed by atoms with Gasteiger partial charge in [-0.1, -0.05) is 36.8 Å². The number of rotatable bonds is 8. The van der Waals surface area contributed by atoms with Crippen LogP contribution in [0.5, 0.6) is 0 Å². The Morgan fingerprint density at radius 1 is 1.15 bits per heavy atom. The lowest BCUT2D eigenvalue weighted by atomic mass is 9.68. The Morgan fingerprint density at radius 2 is 1.88 bits per heavy atom. The maximum Gasteiger partial charge on any atom is 0.321 e. The van der Waals surface area contributed by atoms with E-state index in [4.69, 9.17) is 0 Å². The molecule has 1 aromatic heterocycles. The van der Waals surface area contributed by atoms with Crippen LogP contribution in [-0.4, -0.2) is 70.8 Å². The van der Waals surface area contributed by atoms with Gasteiger partial charge in [-0.2, -0.15) is 0 Å². The van der Waals surface area contributed by atoms with E-state index < -0.39 is 0 Å². The van der Waals surface area contributed by atoms with E-state index in [2.05, 4.69) is 59.2 Å². The summed E-state index contributed by atoms with van der Waals surface area (Å²) in [5, 5.41) is 2.72. The Hall–Kier alpha value is -2.25. The summed E-state index contributed by atoms with van der Waals surface area (Å²) in [4.78, 5) is 37.1. The number of nitrogens with zero attached hydrogens (tertiary/aromatic N) is 4. The normalized spacial score (nSPS) is 27.6. The molecule has 2 aliphatic carbocycles. The van der Waals surface area contributed by atoms with Crippen LogP contribution in [0.25, 0.3) is 0 Å². The summed E-state index contributed by atoms with van der Waals surface area (Å²) in [7, 11) is 4.36. The number of hydrogen-bond donors (Lipinski definition) is 0. The molecule has 34 heavy (non-hydrogen) atoms. The summed E-state index contributed by atoms with van der Waals surface area (Å²) >= 11 is 1.50. The fourth-order valence-electron chi connectivity index (χ4n) is 6.29. The summed E-state index contributed by atoms with van der Waals surface area (Å²) in [6, 6.07) is 10.9. The van der Waals surface area contributed by atoms with Gasteiger partial charge in [0.25, 0.3) is 0 Å². The SMILES string of the molecule is CN(C)C1(c2ccccc2)CCC2(CC1)CN(CC(=O)Cc1nccs1)C(=O)N2CC1CCC1. The molecule has 7 heteroatoms. The van der Waals surface area contributed by atoms with Gasteiger partial charge in [-0.3, -0.25) is 9.69 Å². The van der Waals surface area contributed by atoms with Gasteiger partial charge in [0.05, 0.1) is 23.5 Å². The minimum atomic E-state index is -0.164. The first-order valence-electron chi connectivity index (χ1n) is 12.6. The van der Waals surface area contributed by atoms with Crippen LogP contribution < -0.4 is 0 Å². The van der Waals surface area contributed by atoms with Crippen molar-refractivity contribution in [3.8, 4) is 0 Å². The molecule has 1 aliphatic heterocycles. The minimum Gasteiger partial charge on any atom is -0.317 e. The van der Waals surface area contributed by atoms with E-state index in [0.29, 0.717) is 18.9 Å². The van der Waals surface area contributed by atoms with Gasteiger partial charge < -0.3 is 9.80 Å². The molecule has 1 saturated heterocycles. The van der Waals surface area contributed by atoms with Gasteiger partial charge in [-0.15, -0.1) is 11.3 Å². The van der Waals surface area contributed by atoms with Crippen molar-refractivity contribution in [3.63, 3.8) is 0 Å². The predicted molar refractivity (Wildman–Crippen MR) is 135 cm³/mol. The molecule has 182 valence electrons. The van der Waals surface area contributed by atoms with Crippen molar-refractivity contribution >= 4 is 23.2 Å². The van der Waals surface area contributed by atoms with Crippen molar-refractivity contribution in [1.29, 1.82) is 0 Å². The highest BCUT2D eigenvalue weighted by molar-refractivity contribution is 7.09. The first-order valence-corrected chi connectivity index (χ1v) is 13.5. The molecular weight excluding hydrogens is 444 g/mol. The second-order valence-electron chi connectivity index (χ2n) is 10.7. The van der Waals surface area contributed by atoms with Crippen LogP contribution in [0, 0.1) is 5.92 Å². The Morgan fingerprint density at radius 3 is 2.47 bits per heavy atom. The van der Waals surface area contributed by atoms with Crippen molar-refractivity contribution in [3.05, 3.63) is 52.5 Å². The van der Waals surface area contributed by atoms with E-state index in [1.165, 1.54) is 36.2 Å². The van der Waals surface area contributed by atoms with Gasteiger partial charge >= 0.3 is 6.03 Å². The molecule has 0 atom stereocenters. The molecule has 0 unspecified atom stereocenters. The largest absolute Gasteiger partial charge is 0.321 e. The molecule has 1 spiro atoms. The Bertz CT molecular complexity index is 995. The maximum absolute atomic E-state index is 13.6. The topological polar surface area (TPSA) is 56.8 Å². The Labute approximate surface area is 207 Å². The Balaban J connectivity index is 1.35. The second kappa shape index (κ2) is 9.42. The lowest BCUT2D eigenvalue weighted by Crippen LogP contribution is -2.56. The zero-order valence-electron chi connectivity index (χ0n) is 20.4. The molecule has 0 radical (unpaired) electrons. The summed E-state index contributed by atoms with van der Waals surface area (Å²) in [5.41, 5.74) is 1.19. The monoisotopic (exact) mass is 480 g/mol. The molecule has 2 amide bonds. The van der Waals surface area contributed by atoms with Crippen molar-refractivity contribution in [2.45, 2.75) is 62.4 Å². The van der Waals surface area contributed by atoms with Crippen LogP contribution >= 0.6 is 11.3 Å². The number of carbonyl (C=O) groups excluding carboxylic acids is 2. The highest BCUT2D eigenvalue weighted by atomic mass is 32.1. The fourth-order valence-corrected chi connectivity index (χ4v) is 6.93. The van der Waals surface area contributed by atoms with Gasteiger partial charge in [0.2, 0.25) is 0 Å². The molecule has 2 heterocycles. The third-order valence-electron chi connectivity index (χ3n) is 8.60. The van der Waals surface area contributed by atoms with Gasteiger partial charge in [0.15, 0.2) is 5.78 Å². The molecule has 6 nitrogen and oxygen atoms in total. The summed E-state index contributed by atoms with van der Waals surface area (Å²) in [5.74, 6) is 0.688. The smallest absolute Gasteiger partial charge is 0.317 e. The number of ketones is 1. The average molecular weight is 481 g/mol. The zero-order chi connectivity index (χ0) is 23.8.